The third-order valence-electron chi connectivity index (χ3n) is 2.20. The maximum absolute atomic E-state index is 11.2. The van der Waals surface area contributed by atoms with E-state index in [1.165, 1.54) is 11.8 Å². The lowest BCUT2D eigenvalue weighted by atomic mass is 10.3. The molecule has 8 heteroatoms. The smallest absolute Gasteiger partial charge is 0.318 e. The molecule has 0 radical (unpaired) electrons. The molecule has 0 aliphatic carbocycles. The Morgan fingerprint density at radius 3 is 3.00 bits per heavy atom. The molecule has 0 fully saturated rings. The Hall–Kier alpha value is -2.09. The molecule has 0 aliphatic rings. The van der Waals surface area contributed by atoms with Gasteiger partial charge in [0.15, 0.2) is 0 Å². The highest BCUT2D eigenvalue weighted by Crippen LogP contribution is 2.18. The van der Waals surface area contributed by atoms with Crippen molar-refractivity contribution in [3.63, 3.8) is 0 Å². The lowest BCUT2D eigenvalue weighted by molar-refractivity contribution is 0.254. The molecule has 7 nitrogen and oxygen atoms in total. The molecular weight excluding hydrogens is 252 g/mol. The van der Waals surface area contributed by atoms with Crippen LogP contribution in [0, 0.1) is 0 Å². The van der Waals surface area contributed by atoms with Crippen molar-refractivity contribution in [3.8, 4) is 5.69 Å². The van der Waals surface area contributed by atoms with Crippen molar-refractivity contribution in [2.45, 2.75) is 5.16 Å². The van der Waals surface area contributed by atoms with Crippen LogP contribution in [0.15, 0.2) is 29.4 Å². The minimum Gasteiger partial charge on any atom is -0.341 e. The molecule has 2 aromatic rings. The maximum atomic E-state index is 11.2. The predicted octanol–water partition coefficient (Wildman–Crippen LogP) is 1.14. The molecule has 94 valence electrons. The Kier molecular flexibility index (Phi) is 3.78. The Labute approximate surface area is 108 Å². The highest BCUT2D eigenvalue weighted by molar-refractivity contribution is 7.98. The Morgan fingerprint density at radius 2 is 2.28 bits per heavy atom. The number of aromatic nitrogens is 4. The average molecular weight is 264 g/mol. The molecule has 2 amide bonds. The van der Waals surface area contributed by atoms with E-state index in [0.29, 0.717) is 10.8 Å². The molecule has 0 atom stereocenters. The van der Waals surface area contributed by atoms with E-state index in [4.69, 9.17) is 0 Å². The number of amides is 2. The molecule has 2 N–H and O–H groups in total. The van der Waals surface area contributed by atoms with Crippen LogP contribution in [0.2, 0.25) is 0 Å². The van der Waals surface area contributed by atoms with Gasteiger partial charge in [0.05, 0.1) is 5.69 Å². The standard InChI is InChI=1S/C10H12N6OS/c1-11-9(17)12-7-4-3-5-8(6-7)16-10(18-2)13-14-15-16/h3-6H,1-2H3,(H2,11,12,17). The van der Waals surface area contributed by atoms with E-state index in [2.05, 4.69) is 26.2 Å². The second kappa shape index (κ2) is 5.50. The van der Waals surface area contributed by atoms with Gasteiger partial charge in [0, 0.05) is 12.7 Å². The van der Waals surface area contributed by atoms with Crippen LogP contribution in [0.5, 0.6) is 0 Å². The first-order valence-corrected chi connectivity index (χ1v) is 6.38. The third-order valence-corrected chi connectivity index (χ3v) is 2.82. The molecule has 2 rings (SSSR count). The van der Waals surface area contributed by atoms with E-state index < -0.39 is 0 Å². The number of rotatable bonds is 3. The van der Waals surface area contributed by atoms with Crippen molar-refractivity contribution in [2.24, 2.45) is 0 Å². The van der Waals surface area contributed by atoms with Gasteiger partial charge in [-0.25, -0.2) is 4.79 Å². The fraction of sp³-hybridized carbons (Fsp3) is 0.200. The van der Waals surface area contributed by atoms with Crippen LogP contribution in [0.25, 0.3) is 5.69 Å². The molecule has 0 bridgehead atoms. The minimum absolute atomic E-state index is 0.269. The van der Waals surface area contributed by atoms with E-state index >= 15 is 0 Å². The topological polar surface area (TPSA) is 84.7 Å². The second-order valence-electron chi connectivity index (χ2n) is 3.33. The largest absolute Gasteiger partial charge is 0.341 e. The molecule has 1 heterocycles. The van der Waals surface area contributed by atoms with Gasteiger partial charge >= 0.3 is 6.03 Å². The van der Waals surface area contributed by atoms with Crippen LogP contribution in [-0.4, -0.2) is 39.5 Å². The summed E-state index contributed by atoms with van der Waals surface area (Å²) in [6, 6.07) is 7.01. The lowest BCUT2D eigenvalue weighted by Crippen LogP contribution is -2.24. The maximum Gasteiger partial charge on any atom is 0.318 e. The number of benzene rings is 1. The monoisotopic (exact) mass is 264 g/mol. The summed E-state index contributed by atoms with van der Waals surface area (Å²) in [5.41, 5.74) is 1.47. The Balaban J connectivity index is 2.30. The van der Waals surface area contributed by atoms with E-state index in [1.807, 2.05) is 18.4 Å². The first-order valence-electron chi connectivity index (χ1n) is 5.16. The summed E-state index contributed by atoms with van der Waals surface area (Å²) >= 11 is 1.45. The van der Waals surface area contributed by atoms with Crippen molar-refractivity contribution in [1.82, 2.24) is 25.5 Å². The van der Waals surface area contributed by atoms with Crippen molar-refractivity contribution < 1.29 is 4.79 Å². The van der Waals surface area contributed by atoms with Crippen LogP contribution in [0.3, 0.4) is 0 Å². The number of nitrogens with one attached hydrogen (secondary N) is 2. The fourth-order valence-electron chi connectivity index (χ4n) is 1.38. The van der Waals surface area contributed by atoms with Gasteiger partial charge in [0.25, 0.3) is 0 Å². The highest BCUT2D eigenvalue weighted by Gasteiger charge is 2.07. The molecule has 0 saturated carbocycles. The Bertz CT molecular complexity index is 555. The van der Waals surface area contributed by atoms with Crippen molar-refractivity contribution in [2.75, 3.05) is 18.6 Å². The van der Waals surface area contributed by atoms with Gasteiger partial charge in [-0.3, -0.25) is 0 Å². The molecule has 1 aromatic carbocycles. The highest BCUT2D eigenvalue weighted by atomic mass is 32.2. The summed E-state index contributed by atoms with van der Waals surface area (Å²) in [5, 5.41) is 17.3. The fourth-order valence-corrected chi connectivity index (χ4v) is 1.81. The number of hydrogen-bond acceptors (Lipinski definition) is 5. The number of urea groups is 1. The van der Waals surface area contributed by atoms with Gasteiger partial charge in [-0.2, -0.15) is 4.68 Å². The Morgan fingerprint density at radius 1 is 1.44 bits per heavy atom. The van der Waals surface area contributed by atoms with Crippen molar-refractivity contribution in [1.29, 1.82) is 0 Å². The number of nitrogens with zero attached hydrogens (tertiary/aromatic N) is 4. The molecule has 0 unspecified atom stereocenters. The zero-order valence-electron chi connectivity index (χ0n) is 9.91. The zero-order valence-corrected chi connectivity index (χ0v) is 10.7. The van der Waals surface area contributed by atoms with E-state index in [-0.39, 0.29) is 6.03 Å². The first kappa shape index (κ1) is 12.4. The number of anilines is 1. The van der Waals surface area contributed by atoms with E-state index in [0.717, 1.165) is 5.69 Å². The number of carbonyl (C=O) groups excluding carboxylic acids is 1. The number of hydrogen-bond donors (Lipinski definition) is 2. The summed E-state index contributed by atoms with van der Waals surface area (Å²) in [5.74, 6) is 0. The van der Waals surface area contributed by atoms with Gasteiger partial charge < -0.3 is 10.6 Å². The molecule has 18 heavy (non-hydrogen) atoms. The van der Waals surface area contributed by atoms with E-state index in [9.17, 15) is 4.79 Å². The SMILES string of the molecule is CNC(=O)Nc1cccc(-n2nnnc2SC)c1. The van der Waals surface area contributed by atoms with Gasteiger partial charge in [-0.05, 0) is 34.9 Å². The summed E-state index contributed by atoms with van der Waals surface area (Å²) in [7, 11) is 1.56. The van der Waals surface area contributed by atoms with Crippen LogP contribution >= 0.6 is 11.8 Å². The normalized spacial score (nSPS) is 10.1. The average Bonchev–Trinajstić information content (AvgIpc) is 2.87. The molecular formula is C10H12N6OS. The van der Waals surface area contributed by atoms with Gasteiger partial charge in [-0.15, -0.1) is 5.10 Å². The zero-order chi connectivity index (χ0) is 13.0. The molecule has 0 spiro atoms. The summed E-state index contributed by atoms with van der Waals surface area (Å²) in [6.45, 7) is 0. The van der Waals surface area contributed by atoms with Crippen LogP contribution in [0.1, 0.15) is 0 Å². The quantitative estimate of drug-likeness (QED) is 0.812. The van der Waals surface area contributed by atoms with Gasteiger partial charge in [0.1, 0.15) is 0 Å². The minimum atomic E-state index is -0.269. The van der Waals surface area contributed by atoms with Crippen LogP contribution in [-0.2, 0) is 0 Å². The summed E-state index contributed by atoms with van der Waals surface area (Å²) < 4.78 is 1.61. The predicted molar refractivity (Wildman–Crippen MR) is 69.0 cm³/mol. The number of carbonyl (C=O) groups is 1. The van der Waals surface area contributed by atoms with Crippen LogP contribution in [0.4, 0.5) is 10.5 Å². The number of tetrazole rings is 1. The lowest BCUT2D eigenvalue weighted by Gasteiger charge is -2.07. The summed E-state index contributed by atoms with van der Waals surface area (Å²) in [6.07, 6.45) is 1.90. The van der Waals surface area contributed by atoms with Crippen molar-refractivity contribution >= 4 is 23.5 Å². The third kappa shape index (κ3) is 2.59. The first-order chi connectivity index (χ1) is 8.74. The van der Waals surface area contributed by atoms with Gasteiger partial charge in [0.2, 0.25) is 5.16 Å². The molecule has 0 saturated heterocycles. The second-order valence-corrected chi connectivity index (χ2v) is 4.11. The number of thioether (sulfide) groups is 1. The van der Waals surface area contributed by atoms with Crippen LogP contribution < -0.4 is 10.6 Å². The van der Waals surface area contributed by atoms with E-state index in [1.54, 1.807) is 23.9 Å². The van der Waals surface area contributed by atoms with Crippen molar-refractivity contribution in [3.05, 3.63) is 24.3 Å². The molecule has 1 aromatic heterocycles. The summed E-state index contributed by atoms with van der Waals surface area (Å²) in [4.78, 5) is 11.2. The van der Waals surface area contributed by atoms with Gasteiger partial charge in [-0.1, -0.05) is 17.8 Å². The molecule has 0 aliphatic heterocycles.